The zero-order valence-corrected chi connectivity index (χ0v) is 13.6. The monoisotopic (exact) mass is 321 g/mol. The molecule has 122 valence electrons. The number of benzene rings is 1. The predicted molar refractivity (Wildman–Crippen MR) is 92.6 cm³/mol. The van der Waals surface area contributed by atoms with Crippen molar-refractivity contribution in [3.63, 3.8) is 0 Å². The van der Waals surface area contributed by atoms with Crippen LogP contribution in [0.3, 0.4) is 0 Å². The molecule has 1 aromatic carbocycles. The van der Waals surface area contributed by atoms with Gasteiger partial charge in [0.15, 0.2) is 0 Å². The Balaban J connectivity index is 1.62. The summed E-state index contributed by atoms with van der Waals surface area (Å²) < 4.78 is 2.11. The maximum absolute atomic E-state index is 12.0. The number of pyridine rings is 1. The fraction of sp³-hybridized carbons (Fsp3) is 0.278. The normalized spacial score (nSPS) is 14.8. The van der Waals surface area contributed by atoms with Gasteiger partial charge in [-0.25, -0.2) is 9.78 Å². The van der Waals surface area contributed by atoms with Gasteiger partial charge >= 0.3 is 6.03 Å². The van der Waals surface area contributed by atoms with Gasteiger partial charge < -0.3 is 14.4 Å². The van der Waals surface area contributed by atoms with Crippen molar-refractivity contribution in [3.8, 4) is 11.4 Å². The van der Waals surface area contributed by atoms with E-state index in [2.05, 4.69) is 26.7 Å². The molecule has 0 spiro atoms. The van der Waals surface area contributed by atoms with E-state index in [4.69, 9.17) is 0 Å². The van der Waals surface area contributed by atoms with E-state index < -0.39 is 0 Å². The van der Waals surface area contributed by atoms with Crippen LogP contribution in [0.5, 0.6) is 0 Å². The zero-order chi connectivity index (χ0) is 16.5. The van der Waals surface area contributed by atoms with E-state index in [0.29, 0.717) is 6.54 Å². The van der Waals surface area contributed by atoms with Gasteiger partial charge in [-0.3, -0.25) is 4.98 Å². The van der Waals surface area contributed by atoms with Gasteiger partial charge in [-0.2, -0.15) is 0 Å². The molecule has 3 aromatic rings. The van der Waals surface area contributed by atoms with Crippen LogP contribution in [0.25, 0.3) is 22.2 Å². The van der Waals surface area contributed by atoms with Crippen LogP contribution in [0.1, 0.15) is 0 Å². The number of fused-ring (bicyclic) bond motifs is 1. The van der Waals surface area contributed by atoms with Gasteiger partial charge in [-0.1, -0.05) is 18.2 Å². The molecule has 0 atom stereocenters. The van der Waals surface area contributed by atoms with Gasteiger partial charge in [0, 0.05) is 69.0 Å². The van der Waals surface area contributed by atoms with E-state index in [1.807, 2.05) is 42.7 Å². The summed E-state index contributed by atoms with van der Waals surface area (Å²) >= 11 is 0. The van der Waals surface area contributed by atoms with Crippen molar-refractivity contribution in [1.29, 1.82) is 0 Å². The highest BCUT2D eigenvalue weighted by atomic mass is 16.2. The highest BCUT2D eigenvalue weighted by Crippen LogP contribution is 2.26. The van der Waals surface area contributed by atoms with Gasteiger partial charge in [-0.15, -0.1) is 0 Å². The van der Waals surface area contributed by atoms with Crippen LogP contribution in [0, 0.1) is 0 Å². The van der Waals surface area contributed by atoms with Crippen LogP contribution in [-0.4, -0.2) is 57.0 Å². The second kappa shape index (κ2) is 5.96. The van der Waals surface area contributed by atoms with Crippen molar-refractivity contribution in [2.45, 2.75) is 6.54 Å². The fourth-order valence-electron chi connectivity index (χ4n) is 3.19. The van der Waals surface area contributed by atoms with E-state index in [1.54, 1.807) is 11.1 Å². The van der Waals surface area contributed by atoms with E-state index >= 15 is 0 Å². The highest BCUT2D eigenvalue weighted by Gasteiger charge is 2.24. The van der Waals surface area contributed by atoms with Crippen molar-refractivity contribution in [2.24, 2.45) is 0 Å². The number of hydrogen-bond acceptors (Lipinski definition) is 3. The first kappa shape index (κ1) is 14.7. The predicted octanol–water partition coefficient (Wildman–Crippen LogP) is 2.47. The van der Waals surface area contributed by atoms with Crippen molar-refractivity contribution in [1.82, 2.24) is 24.3 Å². The summed E-state index contributed by atoms with van der Waals surface area (Å²) in [5.41, 5.74) is 1.09. The Bertz CT molecular complexity index is 883. The number of imidazole rings is 1. The molecule has 6 heteroatoms. The molecule has 2 amide bonds. The highest BCUT2D eigenvalue weighted by molar-refractivity contribution is 5.94. The Morgan fingerprint density at radius 1 is 1.12 bits per heavy atom. The SMILES string of the molecule is CN1CCN(CCn2ccnc2-c2cccc3cnccc23)C1=O. The summed E-state index contributed by atoms with van der Waals surface area (Å²) in [6, 6.07) is 8.28. The molecular weight excluding hydrogens is 302 g/mol. The standard InChI is InChI=1S/C18H19N5O/c1-21-9-10-23(18(21)24)12-11-22-8-7-20-17(22)16-4-2-3-14-13-19-6-5-15(14)16/h2-8,13H,9-12H2,1H3. The van der Waals surface area contributed by atoms with Gasteiger partial charge in [0.1, 0.15) is 5.82 Å². The molecule has 0 saturated carbocycles. The number of amides is 2. The lowest BCUT2D eigenvalue weighted by Crippen LogP contribution is -2.32. The quantitative estimate of drug-likeness (QED) is 0.742. The number of carbonyl (C=O) groups excluding carboxylic acids is 1. The lowest BCUT2D eigenvalue weighted by Gasteiger charge is -2.17. The third kappa shape index (κ3) is 2.50. The summed E-state index contributed by atoms with van der Waals surface area (Å²) in [6.45, 7) is 3.01. The van der Waals surface area contributed by atoms with Crippen molar-refractivity contribution >= 4 is 16.8 Å². The first-order valence-electron chi connectivity index (χ1n) is 8.08. The molecule has 0 radical (unpaired) electrons. The first-order chi connectivity index (χ1) is 11.7. The maximum Gasteiger partial charge on any atom is 0.319 e. The number of nitrogens with zero attached hydrogens (tertiary/aromatic N) is 5. The molecule has 0 unspecified atom stereocenters. The molecule has 24 heavy (non-hydrogen) atoms. The van der Waals surface area contributed by atoms with Crippen LogP contribution in [0.4, 0.5) is 4.79 Å². The van der Waals surface area contributed by atoms with Gasteiger partial charge in [0.05, 0.1) is 0 Å². The number of aromatic nitrogens is 3. The summed E-state index contributed by atoms with van der Waals surface area (Å²) in [5.74, 6) is 0.923. The van der Waals surface area contributed by atoms with E-state index in [0.717, 1.165) is 41.8 Å². The second-order valence-electron chi connectivity index (χ2n) is 6.04. The van der Waals surface area contributed by atoms with Gasteiger partial charge in [0.25, 0.3) is 0 Å². The lowest BCUT2D eigenvalue weighted by atomic mass is 10.1. The Morgan fingerprint density at radius 2 is 2.04 bits per heavy atom. The number of rotatable bonds is 4. The fourth-order valence-corrected chi connectivity index (χ4v) is 3.19. The molecule has 3 heterocycles. The minimum absolute atomic E-state index is 0.105. The molecule has 4 rings (SSSR count). The Morgan fingerprint density at radius 3 is 2.88 bits per heavy atom. The number of carbonyl (C=O) groups is 1. The van der Waals surface area contributed by atoms with Crippen molar-refractivity contribution in [3.05, 3.63) is 49.1 Å². The third-order valence-electron chi connectivity index (χ3n) is 4.55. The average molecular weight is 321 g/mol. The van der Waals surface area contributed by atoms with Gasteiger partial charge in [-0.05, 0) is 11.5 Å². The number of hydrogen-bond donors (Lipinski definition) is 0. The molecule has 1 aliphatic rings. The molecule has 6 nitrogen and oxygen atoms in total. The van der Waals surface area contributed by atoms with Gasteiger partial charge in [0.2, 0.25) is 0 Å². The molecule has 0 bridgehead atoms. The smallest absolute Gasteiger partial charge is 0.319 e. The summed E-state index contributed by atoms with van der Waals surface area (Å²) in [4.78, 5) is 24.4. The van der Waals surface area contributed by atoms with E-state index in [9.17, 15) is 4.79 Å². The first-order valence-corrected chi connectivity index (χ1v) is 8.08. The maximum atomic E-state index is 12.0. The topological polar surface area (TPSA) is 54.3 Å². The van der Waals surface area contributed by atoms with Crippen LogP contribution >= 0.6 is 0 Å². The minimum Gasteiger partial charge on any atom is -0.329 e. The Kier molecular flexibility index (Phi) is 3.65. The number of likely N-dealkylation sites (N-methyl/N-ethyl adjacent to an activating group) is 1. The summed E-state index contributed by atoms with van der Waals surface area (Å²) in [7, 11) is 1.84. The molecule has 0 N–H and O–H groups in total. The Labute approximate surface area is 140 Å². The largest absolute Gasteiger partial charge is 0.329 e. The molecule has 0 aliphatic carbocycles. The Hall–Kier alpha value is -2.89. The molecule has 1 saturated heterocycles. The third-order valence-corrected chi connectivity index (χ3v) is 4.55. The summed E-state index contributed by atoms with van der Waals surface area (Å²) in [6.07, 6.45) is 7.45. The lowest BCUT2D eigenvalue weighted by molar-refractivity contribution is 0.197. The van der Waals surface area contributed by atoms with Crippen LogP contribution in [-0.2, 0) is 6.54 Å². The molecular formula is C18H19N5O. The van der Waals surface area contributed by atoms with Crippen LogP contribution in [0.15, 0.2) is 49.1 Å². The van der Waals surface area contributed by atoms with Crippen molar-refractivity contribution in [2.75, 3.05) is 26.7 Å². The zero-order valence-electron chi connectivity index (χ0n) is 13.6. The molecule has 1 aliphatic heterocycles. The van der Waals surface area contributed by atoms with Crippen molar-refractivity contribution < 1.29 is 4.79 Å². The van der Waals surface area contributed by atoms with E-state index in [1.165, 1.54) is 0 Å². The molecule has 2 aromatic heterocycles. The molecule has 1 fully saturated rings. The average Bonchev–Trinajstić information content (AvgIpc) is 3.20. The second-order valence-corrected chi connectivity index (χ2v) is 6.04. The van der Waals surface area contributed by atoms with E-state index in [-0.39, 0.29) is 6.03 Å². The van der Waals surface area contributed by atoms with Crippen LogP contribution in [0.2, 0.25) is 0 Å². The summed E-state index contributed by atoms with van der Waals surface area (Å²) in [5, 5.41) is 2.23. The number of urea groups is 1. The van der Waals surface area contributed by atoms with Crippen LogP contribution < -0.4 is 0 Å². The minimum atomic E-state index is 0.105.